The Morgan fingerprint density at radius 1 is 0.972 bits per heavy atom. The van der Waals surface area contributed by atoms with Gasteiger partial charge < -0.3 is 9.84 Å². The molecular weight excluding hydrogens is 442 g/mol. The quantitative estimate of drug-likeness (QED) is 0.448. The predicted molar refractivity (Wildman–Crippen MR) is 146 cm³/mol. The first-order valence-corrected chi connectivity index (χ1v) is 14.4. The van der Waals surface area contributed by atoms with Crippen LogP contribution in [0.1, 0.15) is 89.3 Å². The molecule has 0 radical (unpaired) electrons. The van der Waals surface area contributed by atoms with Crippen molar-refractivity contribution < 1.29 is 9.84 Å². The van der Waals surface area contributed by atoms with E-state index < -0.39 is 0 Å². The van der Waals surface area contributed by atoms with E-state index in [-0.39, 0.29) is 6.10 Å². The number of aliphatic hydroxyl groups is 1. The van der Waals surface area contributed by atoms with E-state index in [0.717, 1.165) is 42.9 Å². The second kappa shape index (κ2) is 9.01. The minimum absolute atomic E-state index is 0.128. The van der Waals surface area contributed by atoms with Crippen molar-refractivity contribution in [3.63, 3.8) is 0 Å². The number of hydrogen-bond acceptors (Lipinski definition) is 3. The largest absolute Gasteiger partial charge is 0.478 e. The zero-order chi connectivity index (χ0) is 25.1. The van der Waals surface area contributed by atoms with E-state index in [1.807, 2.05) is 6.92 Å². The molecule has 1 aromatic carbocycles. The molecule has 7 atom stereocenters. The fraction of sp³-hybridized carbons (Fsp3) is 0.606. The number of nitrogens with zero attached hydrogens (tertiary/aromatic N) is 1. The second-order valence-electron chi connectivity index (χ2n) is 12.7. The summed E-state index contributed by atoms with van der Waals surface area (Å²) in [5.74, 6) is 3.55. The molecule has 0 saturated heterocycles. The van der Waals surface area contributed by atoms with Crippen LogP contribution in [-0.2, 0) is 0 Å². The van der Waals surface area contributed by atoms with Crippen LogP contribution in [-0.4, -0.2) is 22.8 Å². The Bertz CT molecular complexity index is 1150. The summed E-state index contributed by atoms with van der Waals surface area (Å²) in [5, 5.41) is 10.3. The zero-order valence-electron chi connectivity index (χ0n) is 22.6. The number of aromatic nitrogens is 1. The number of benzene rings is 1. The van der Waals surface area contributed by atoms with E-state index in [9.17, 15) is 5.11 Å². The lowest BCUT2D eigenvalue weighted by Gasteiger charge is -2.58. The number of aryl methyl sites for hydroxylation is 1. The molecule has 1 aromatic heterocycles. The van der Waals surface area contributed by atoms with E-state index >= 15 is 0 Å². The summed E-state index contributed by atoms with van der Waals surface area (Å²) >= 11 is 0. The third kappa shape index (κ3) is 3.85. The van der Waals surface area contributed by atoms with Crippen molar-refractivity contribution in [3.8, 4) is 17.0 Å². The summed E-state index contributed by atoms with van der Waals surface area (Å²) < 4.78 is 5.99. The normalized spacial score (nSPS) is 37.5. The Kier molecular flexibility index (Phi) is 6.06. The highest BCUT2D eigenvalue weighted by Crippen LogP contribution is 2.68. The molecule has 0 bridgehead atoms. The number of pyridine rings is 1. The SMILES string of the molecule is CCOc1cc(-c2ccc(C)cc2)cc([C@H]2CC[C@H]3[C@@H]4CC=C5C[C@@H](O)CC[C@]5(C)[C@H]4CC[C@]23C)n1. The highest BCUT2D eigenvalue weighted by molar-refractivity contribution is 5.65. The molecule has 0 aliphatic heterocycles. The smallest absolute Gasteiger partial charge is 0.214 e. The van der Waals surface area contributed by atoms with Crippen molar-refractivity contribution in [3.05, 3.63) is 59.3 Å². The van der Waals surface area contributed by atoms with Crippen LogP contribution in [0.25, 0.3) is 11.1 Å². The molecule has 0 amide bonds. The van der Waals surface area contributed by atoms with E-state index in [1.165, 1.54) is 54.5 Å². The first-order valence-electron chi connectivity index (χ1n) is 14.4. The van der Waals surface area contributed by atoms with Gasteiger partial charge in [0.25, 0.3) is 0 Å². The molecule has 192 valence electrons. The van der Waals surface area contributed by atoms with Gasteiger partial charge in [0.1, 0.15) is 0 Å². The van der Waals surface area contributed by atoms with Gasteiger partial charge in [-0.25, -0.2) is 4.98 Å². The molecule has 0 unspecified atom stereocenters. The Hall–Kier alpha value is -2.13. The van der Waals surface area contributed by atoms with Crippen molar-refractivity contribution in [2.24, 2.45) is 28.6 Å². The molecule has 3 saturated carbocycles. The van der Waals surface area contributed by atoms with Gasteiger partial charge in [-0.3, -0.25) is 0 Å². The molecule has 2 aromatic rings. The van der Waals surface area contributed by atoms with Crippen molar-refractivity contribution in [1.82, 2.24) is 4.98 Å². The summed E-state index contributed by atoms with van der Waals surface area (Å²) in [6, 6.07) is 13.3. The minimum atomic E-state index is -0.128. The number of ether oxygens (including phenoxy) is 1. The van der Waals surface area contributed by atoms with Gasteiger partial charge >= 0.3 is 0 Å². The predicted octanol–water partition coefficient (Wildman–Crippen LogP) is 7.86. The molecule has 1 N–H and O–H groups in total. The third-order valence-electron chi connectivity index (χ3n) is 10.9. The van der Waals surface area contributed by atoms with Crippen LogP contribution in [0.4, 0.5) is 0 Å². The summed E-state index contributed by atoms with van der Waals surface area (Å²) in [7, 11) is 0. The molecule has 4 aliphatic carbocycles. The fourth-order valence-corrected chi connectivity index (χ4v) is 8.97. The van der Waals surface area contributed by atoms with Gasteiger partial charge in [-0.05, 0) is 111 Å². The summed E-state index contributed by atoms with van der Waals surface area (Å²) in [5.41, 5.74) is 7.14. The first kappa shape index (κ1) is 24.2. The molecule has 6 rings (SSSR count). The van der Waals surface area contributed by atoms with Gasteiger partial charge in [-0.1, -0.05) is 55.3 Å². The Balaban J connectivity index is 1.33. The fourth-order valence-electron chi connectivity index (χ4n) is 8.97. The van der Waals surface area contributed by atoms with Crippen molar-refractivity contribution in [2.75, 3.05) is 6.61 Å². The van der Waals surface area contributed by atoms with E-state index in [4.69, 9.17) is 9.72 Å². The molecular formula is C33H43NO2. The van der Waals surface area contributed by atoms with E-state index in [1.54, 1.807) is 5.57 Å². The van der Waals surface area contributed by atoms with Crippen LogP contribution < -0.4 is 4.74 Å². The maximum atomic E-state index is 10.3. The molecule has 0 spiro atoms. The van der Waals surface area contributed by atoms with Gasteiger partial charge in [0.2, 0.25) is 5.88 Å². The van der Waals surface area contributed by atoms with Crippen molar-refractivity contribution in [1.29, 1.82) is 0 Å². The summed E-state index contributed by atoms with van der Waals surface area (Å²) in [6.07, 6.45) is 11.8. The average molecular weight is 486 g/mol. The van der Waals surface area contributed by atoms with Crippen LogP contribution >= 0.6 is 0 Å². The number of rotatable bonds is 4. The highest BCUT2D eigenvalue weighted by atomic mass is 16.5. The second-order valence-corrected chi connectivity index (χ2v) is 12.7. The Morgan fingerprint density at radius 2 is 1.78 bits per heavy atom. The van der Waals surface area contributed by atoms with E-state index in [2.05, 4.69) is 63.2 Å². The topological polar surface area (TPSA) is 42.4 Å². The number of aliphatic hydroxyl groups excluding tert-OH is 1. The van der Waals surface area contributed by atoms with Gasteiger partial charge in [-0.2, -0.15) is 0 Å². The van der Waals surface area contributed by atoms with Crippen molar-refractivity contribution in [2.45, 2.75) is 91.1 Å². The molecule has 4 aliphatic rings. The standard InChI is InChI=1S/C33H43NO2/c1-5-36-31-19-23(22-8-6-21(2)7-9-22)18-30(34-31)29-13-12-27-26-11-10-24-20-25(35)14-16-32(24,3)28(26)15-17-33(27,29)4/h6-10,18-19,25-29,35H,5,11-17,20H2,1-4H3/t25-,26-,27-,28-,29+,32-,33-/m0/s1. The monoisotopic (exact) mass is 485 g/mol. The number of hydrogen-bond donors (Lipinski definition) is 1. The van der Waals surface area contributed by atoms with Gasteiger partial charge in [0.05, 0.1) is 12.7 Å². The van der Waals surface area contributed by atoms with Crippen LogP contribution in [0, 0.1) is 35.5 Å². The molecule has 3 heteroatoms. The number of allylic oxidation sites excluding steroid dienone is 1. The highest BCUT2D eigenvalue weighted by Gasteiger charge is 2.59. The van der Waals surface area contributed by atoms with Crippen LogP contribution in [0.3, 0.4) is 0 Å². The third-order valence-corrected chi connectivity index (χ3v) is 10.9. The van der Waals surface area contributed by atoms with Gasteiger partial charge in [0, 0.05) is 17.7 Å². The number of fused-ring (bicyclic) bond motifs is 5. The van der Waals surface area contributed by atoms with Crippen LogP contribution in [0.5, 0.6) is 5.88 Å². The minimum Gasteiger partial charge on any atom is -0.478 e. The maximum Gasteiger partial charge on any atom is 0.214 e. The van der Waals surface area contributed by atoms with Gasteiger partial charge in [0.15, 0.2) is 0 Å². The Labute approximate surface area is 217 Å². The lowest BCUT2D eigenvalue weighted by Crippen LogP contribution is -2.50. The lowest BCUT2D eigenvalue weighted by molar-refractivity contribution is -0.0412. The van der Waals surface area contributed by atoms with Gasteiger partial charge in [-0.15, -0.1) is 0 Å². The van der Waals surface area contributed by atoms with E-state index in [0.29, 0.717) is 23.4 Å². The summed E-state index contributed by atoms with van der Waals surface area (Å²) in [4.78, 5) is 5.11. The summed E-state index contributed by atoms with van der Waals surface area (Å²) in [6.45, 7) is 9.93. The zero-order valence-corrected chi connectivity index (χ0v) is 22.6. The van der Waals surface area contributed by atoms with Crippen LogP contribution in [0.2, 0.25) is 0 Å². The maximum absolute atomic E-state index is 10.3. The average Bonchev–Trinajstić information content (AvgIpc) is 3.22. The lowest BCUT2D eigenvalue weighted by atomic mass is 9.47. The van der Waals surface area contributed by atoms with Crippen LogP contribution in [0.15, 0.2) is 48.0 Å². The first-order chi connectivity index (χ1) is 17.3. The molecule has 3 nitrogen and oxygen atoms in total. The van der Waals surface area contributed by atoms with Crippen molar-refractivity contribution >= 4 is 0 Å². The molecule has 3 fully saturated rings. The molecule has 36 heavy (non-hydrogen) atoms. The Morgan fingerprint density at radius 3 is 2.56 bits per heavy atom. The molecule has 1 heterocycles.